The van der Waals surface area contributed by atoms with Crippen molar-refractivity contribution in [2.45, 2.75) is 116 Å². The molecule has 1 N–H and O–H groups in total. The van der Waals surface area contributed by atoms with E-state index in [4.69, 9.17) is 5.11 Å². The van der Waals surface area contributed by atoms with E-state index in [1.165, 1.54) is 103 Å². The Morgan fingerprint density at radius 1 is 0.458 bits per heavy atom. The van der Waals surface area contributed by atoms with Gasteiger partial charge in [-0.05, 0) is 30.8 Å². The molecule has 24 heavy (non-hydrogen) atoms. The van der Waals surface area contributed by atoms with Crippen LogP contribution in [0.2, 0.25) is 0 Å². The molecule has 1 nitrogen and oxygen atoms in total. The van der Waals surface area contributed by atoms with Gasteiger partial charge < -0.3 is 5.11 Å². The molecule has 0 fully saturated rings. The van der Waals surface area contributed by atoms with Gasteiger partial charge in [0.2, 0.25) is 0 Å². The summed E-state index contributed by atoms with van der Waals surface area (Å²) in [4.78, 5) is 0. The van der Waals surface area contributed by atoms with Gasteiger partial charge in [-0.25, -0.2) is 0 Å². The third kappa shape index (κ3) is 30.5. The first-order chi connectivity index (χ1) is 11.8. The predicted molar refractivity (Wildman–Crippen MR) is 119 cm³/mol. The average molecular weight is 379 g/mol. The zero-order valence-corrected chi connectivity index (χ0v) is 18.3. The number of aliphatic hydroxyl groups excluding tert-OH is 1. The highest BCUT2D eigenvalue weighted by atomic mass is 32.1. The van der Waals surface area contributed by atoms with Crippen molar-refractivity contribution >= 4 is 25.3 Å². The molecule has 148 valence electrons. The van der Waals surface area contributed by atoms with Crippen LogP contribution in [0.5, 0.6) is 0 Å². The monoisotopic (exact) mass is 378 g/mol. The molecule has 0 bridgehead atoms. The molecular formula is C21H46OS2. The molecule has 0 atom stereocenters. The van der Waals surface area contributed by atoms with Crippen LogP contribution in [0.25, 0.3) is 0 Å². The van der Waals surface area contributed by atoms with Crippen LogP contribution in [-0.2, 0) is 0 Å². The Morgan fingerprint density at radius 2 is 0.750 bits per heavy atom. The first-order valence-electron chi connectivity index (χ1n) is 10.7. The number of thiol groups is 2. The van der Waals surface area contributed by atoms with Crippen molar-refractivity contribution in [2.75, 3.05) is 18.1 Å². The van der Waals surface area contributed by atoms with Gasteiger partial charge >= 0.3 is 0 Å². The Hall–Kier alpha value is 0.660. The summed E-state index contributed by atoms with van der Waals surface area (Å²) in [6.07, 6.45) is 22.8. The van der Waals surface area contributed by atoms with E-state index in [2.05, 4.69) is 32.2 Å². The molecule has 0 aromatic heterocycles. The normalized spacial score (nSPS) is 10.5. The Kier molecular flexibility index (Phi) is 31.9. The van der Waals surface area contributed by atoms with Gasteiger partial charge in [-0.2, -0.15) is 25.3 Å². The van der Waals surface area contributed by atoms with E-state index >= 15 is 0 Å². The van der Waals surface area contributed by atoms with Crippen LogP contribution >= 0.6 is 25.3 Å². The summed E-state index contributed by atoms with van der Waals surface area (Å²) in [7, 11) is 0. The molecule has 0 aliphatic rings. The van der Waals surface area contributed by atoms with Gasteiger partial charge in [0.05, 0.1) is 0 Å². The van der Waals surface area contributed by atoms with Crippen LogP contribution in [0.15, 0.2) is 0 Å². The highest BCUT2D eigenvalue weighted by molar-refractivity contribution is 7.80. The van der Waals surface area contributed by atoms with Crippen molar-refractivity contribution in [3.05, 3.63) is 0 Å². The first kappa shape index (κ1) is 26.9. The molecule has 0 rings (SSSR count). The van der Waals surface area contributed by atoms with Crippen molar-refractivity contribution in [1.29, 1.82) is 0 Å². The summed E-state index contributed by atoms with van der Waals surface area (Å²) in [6.45, 7) is 2.63. The Morgan fingerprint density at radius 3 is 1.04 bits per heavy atom. The molecule has 0 radical (unpaired) electrons. The molecular weight excluding hydrogens is 332 g/mol. The molecule has 3 heteroatoms. The second-order valence-corrected chi connectivity index (χ2v) is 7.72. The summed E-state index contributed by atoms with van der Waals surface area (Å²) in [5.41, 5.74) is 0. The second kappa shape index (κ2) is 28.5. The molecule has 0 aromatic carbocycles. The predicted octanol–water partition coefficient (Wildman–Crippen LogP) is 7.48. The van der Waals surface area contributed by atoms with Gasteiger partial charge in [0.1, 0.15) is 0 Å². The Bertz CT molecular complexity index is 171. The van der Waals surface area contributed by atoms with E-state index in [-0.39, 0.29) is 0 Å². The van der Waals surface area contributed by atoms with Crippen LogP contribution in [-0.4, -0.2) is 23.2 Å². The highest BCUT2D eigenvalue weighted by Crippen LogP contribution is 2.10. The molecule has 0 saturated heterocycles. The first-order valence-corrected chi connectivity index (χ1v) is 11.9. The molecule has 0 spiro atoms. The fourth-order valence-corrected chi connectivity index (χ4v) is 3.15. The minimum atomic E-state index is 0.363. The summed E-state index contributed by atoms with van der Waals surface area (Å²) >= 11 is 8.36. The number of hydrogen-bond acceptors (Lipinski definition) is 3. The van der Waals surface area contributed by atoms with Crippen LogP contribution in [0, 0.1) is 0 Å². The van der Waals surface area contributed by atoms with Crippen LogP contribution in [0.3, 0.4) is 0 Å². The SMILES string of the molecule is CCCCCCCCCCS.OCCCCCCCCCCCS. The van der Waals surface area contributed by atoms with Crippen LogP contribution in [0.4, 0.5) is 0 Å². The van der Waals surface area contributed by atoms with E-state index in [1.54, 1.807) is 0 Å². The highest BCUT2D eigenvalue weighted by Gasteiger charge is 1.91. The van der Waals surface area contributed by atoms with Crippen molar-refractivity contribution in [3.63, 3.8) is 0 Å². The van der Waals surface area contributed by atoms with Crippen LogP contribution < -0.4 is 0 Å². The maximum atomic E-state index is 8.56. The van der Waals surface area contributed by atoms with Gasteiger partial charge in [-0.15, -0.1) is 0 Å². The second-order valence-electron chi connectivity index (χ2n) is 6.83. The van der Waals surface area contributed by atoms with E-state index in [1.807, 2.05) is 0 Å². The molecule has 0 aromatic rings. The molecule has 0 heterocycles. The smallest absolute Gasteiger partial charge is 0.0431 e. The van der Waals surface area contributed by atoms with Gasteiger partial charge in [0, 0.05) is 6.61 Å². The minimum absolute atomic E-state index is 0.363. The topological polar surface area (TPSA) is 20.2 Å². The Balaban J connectivity index is 0. The van der Waals surface area contributed by atoms with Gasteiger partial charge in [-0.1, -0.05) is 96.8 Å². The van der Waals surface area contributed by atoms with Gasteiger partial charge in [0.25, 0.3) is 0 Å². The third-order valence-electron chi connectivity index (χ3n) is 4.33. The quantitative estimate of drug-likeness (QED) is 0.167. The summed E-state index contributed by atoms with van der Waals surface area (Å²) in [5.74, 6) is 2.10. The standard InChI is InChI=1S/C11H24OS.C10H22S/c12-10-8-6-4-2-1-3-5-7-9-11-13;1-2-3-4-5-6-7-8-9-10-11/h12-13H,1-11H2;11H,2-10H2,1H3. The molecule has 0 saturated carbocycles. The number of rotatable bonds is 18. The largest absolute Gasteiger partial charge is 0.396 e. The lowest BCUT2D eigenvalue weighted by Crippen LogP contribution is -1.84. The zero-order chi connectivity index (χ0) is 18.1. The maximum Gasteiger partial charge on any atom is 0.0431 e. The van der Waals surface area contributed by atoms with E-state index in [0.29, 0.717) is 6.61 Å². The fourth-order valence-electron chi connectivity index (χ4n) is 2.71. The van der Waals surface area contributed by atoms with Crippen molar-refractivity contribution in [1.82, 2.24) is 0 Å². The lowest BCUT2D eigenvalue weighted by atomic mass is 10.1. The lowest BCUT2D eigenvalue weighted by Gasteiger charge is -2.00. The summed E-state index contributed by atoms with van der Waals surface area (Å²) < 4.78 is 0. The number of aliphatic hydroxyl groups is 1. The van der Waals surface area contributed by atoms with E-state index in [0.717, 1.165) is 17.9 Å². The van der Waals surface area contributed by atoms with Crippen LogP contribution in [0.1, 0.15) is 116 Å². The summed E-state index contributed by atoms with van der Waals surface area (Å²) in [5, 5.41) is 8.56. The zero-order valence-electron chi connectivity index (χ0n) is 16.5. The van der Waals surface area contributed by atoms with Crippen molar-refractivity contribution < 1.29 is 5.11 Å². The van der Waals surface area contributed by atoms with E-state index in [9.17, 15) is 0 Å². The molecule has 0 amide bonds. The molecule has 0 aliphatic carbocycles. The lowest BCUT2D eigenvalue weighted by molar-refractivity contribution is 0.282. The van der Waals surface area contributed by atoms with Crippen molar-refractivity contribution in [3.8, 4) is 0 Å². The van der Waals surface area contributed by atoms with Gasteiger partial charge in [0.15, 0.2) is 0 Å². The van der Waals surface area contributed by atoms with Crippen molar-refractivity contribution in [2.24, 2.45) is 0 Å². The molecule has 0 aliphatic heterocycles. The number of hydrogen-bond donors (Lipinski definition) is 3. The minimum Gasteiger partial charge on any atom is -0.396 e. The van der Waals surface area contributed by atoms with E-state index < -0.39 is 0 Å². The third-order valence-corrected chi connectivity index (χ3v) is 4.96. The maximum absolute atomic E-state index is 8.56. The average Bonchev–Trinajstić information content (AvgIpc) is 2.60. The Labute approximate surface area is 164 Å². The summed E-state index contributed by atoms with van der Waals surface area (Å²) in [6, 6.07) is 0. The number of unbranched alkanes of at least 4 members (excludes halogenated alkanes) is 15. The fraction of sp³-hybridized carbons (Fsp3) is 1.00. The molecule has 0 unspecified atom stereocenters. The van der Waals surface area contributed by atoms with Gasteiger partial charge in [-0.3, -0.25) is 0 Å².